The smallest absolute Gasteiger partial charge is 0.139 e. The average Bonchev–Trinajstić information content (AvgIpc) is 2.37. The van der Waals surface area contributed by atoms with Gasteiger partial charge in [0.1, 0.15) is 12.1 Å². The van der Waals surface area contributed by atoms with E-state index in [9.17, 15) is 0 Å². The third-order valence-corrected chi connectivity index (χ3v) is 4.03. The van der Waals surface area contributed by atoms with Gasteiger partial charge in [-0.25, -0.2) is 9.97 Å². The van der Waals surface area contributed by atoms with Crippen LogP contribution in [0.2, 0.25) is 5.02 Å². The van der Waals surface area contributed by atoms with Crippen LogP contribution in [0.15, 0.2) is 24.5 Å². The Bertz CT molecular complexity index is 547. The molecule has 0 aliphatic rings. The van der Waals surface area contributed by atoms with Crippen molar-refractivity contribution in [1.29, 1.82) is 0 Å². The average molecular weight is 282 g/mol. The molecule has 2 aromatic rings. The first-order valence-electron chi connectivity index (χ1n) is 5.75. The number of thioether (sulfide) groups is 1. The Labute approximate surface area is 117 Å². The van der Waals surface area contributed by atoms with E-state index in [1.54, 1.807) is 6.33 Å². The third kappa shape index (κ3) is 2.70. The molecule has 96 valence electrons. The van der Waals surface area contributed by atoms with E-state index >= 15 is 0 Å². The van der Waals surface area contributed by atoms with Crippen LogP contribution < -0.4 is 4.90 Å². The summed E-state index contributed by atoms with van der Waals surface area (Å²) in [6.45, 7) is 2.19. The van der Waals surface area contributed by atoms with Crippen molar-refractivity contribution in [3.05, 3.63) is 29.5 Å². The van der Waals surface area contributed by atoms with Crippen molar-refractivity contribution in [3.63, 3.8) is 0 Å². The molecule has 1 aromatic carbocycles. The van der Waals surface area contributed by atoms with Gasteiger partial charge in [-0.15, -0.1) is 0 Å². The molecule has 1 unspecified atom stereocenters. The quantitative estimate of drug-likeness (QED) is 0.858. The molecule has 0 fully saturated rings. The lowest BCUT2D eigenvalue weighted by Crippen LogP contribution is -2.31. The molecule has 0 amide bonds. The highest BCUT2D eigenvalue weighted by molar-refractivity contribution is 7.98. The number of benzene rings is 1. The SMILES string of the molecule is CSCC(C)N(C)c1ncnc2cc(Cl)ccc12. The molecule has 0 radical (unpaired) electrons. The first-order valence-corrected chi connectivity index (χ1v) is 7.52. The van der Waals surface area contributed by atoms with Gasteiger partial charge in [0.2, 0.25) is 0 Å². The van der Waals surface area contributed by atoms with Gasteiger partial charge < -0.3 is 4.90 Å². The van der Waals surface area contributed by atoms with Crippen molar-refractivity contribution in [3.8, 4) is 0 Å². The maximum Gasteiger partial charge on any atom is 0.139 e. The zero-order valence-electron chi connectivity index (χ0n) is 10.7. The lowest BCUT2D eigenvalue weighted by molar-refractivity contribution is 0.756. The monoisotopic (exact) mass is 281 g/mol. The summed E-state index contributed by atoms with van der Waals surface area (Å²) in [6, 6.07) is 6.16. The van der Waals surface area contributed by atoms with E-state index in [4.69, 9.17) is 11.6 Å². The molecule has 18 heavy (non-hydrogen) atoms. The fourth-order valence-electron chi connectivity index (χ4n) is 1.86. The summed E-state index contributed by atoms with van der Waals surface area (Å²) in [7, 11) is 2.07. The second kappa shape index (κ2) is 5.76. The lowest BCUT2D eigenvalue weighted by atomic mass is 10.2. The van der Waals surface area contributed by atoms with Crippen LogP contribution >= 0.6 is 23.4 Å². The highest BCUT2D eigenvalue weighted by Crippen LogP contribution is 2.26. The van der Waals surface area contributed by atoms with Crippen molar-refractivity contribution >= 4 is 40.1 Å². The molecule has 0 bridgehead atoms. The van der Waals surface area contributed by atoms with E-state index in [0.29, 0.717) is 11.1 Å². The van der Waals surface area contributed by atoms with Gasteiger partial charge in [-0.3, -0.25) is 0 Å². The van der Waals surface area contributed by atoms with E-state index in [0.717, 1.165) is 22.5 Å². The molecule has 2 rings (SSSR count). The van der Waals surface area contributed by atoms with E-state index < -0.39 is 0 Å². The van der Waals surface area contributed by atoms with Crippen LogP contribution in [-0.4, -0.2) is 35.1 Å². The lowest BCUT2D eigenvalue weighted by Gasteiger charge is -2.26. The second-order valence-corrected chi connectivity index (χ2v) is 5.62. The van der Waals surface area contributed by atoms with Crippen LogP contribution in [0, 0.1) is 0 Å². The number of nitrogens with zero attached hydrogens (tertiary/aromatic N) is 3. The minimum Gasteiger partial charge on any atom is -0.356 e. The molecule has 5 heteroatoms. The maximum absolute atomic E-state index is 5.99. The van der Waals surface area contributed by atoms with Crippen molar-refractivity contribution in [2.24, 2.45) is 0 Å². The van der Waals surface area contributed by atoms with Gasteiger partial charge in [0.25, 0.3) is 0 Å². The predicted molar refractivity (Wildman–Crippen MR) is 80.8 cm³/mol. The summed E-state index contributed by atoms with van der Waals surface area (Å²) in [4.78, 5) is 10.9. The van der Waals surface area contributed by atoms with Crippen LogP contribution in [0.3, 0.4) is 0 Å². The van der Waals surface area contributed by atoms with Crippen molar-refractivity contribution in [2.75, 3.05) is 24.0 Å². The Hall–Kier alpha value is -1.00. The van der Waals surface area contributed by atoms with Crippen LogP contribution in [0.25, 0.3) is 10.9 Å². The maximum atomic E-state index is 5.99. The third-order valence-electron chi connectivity index (χ3n) is 2.98. The predicted octanol–water partition coefficient (Wildman–Crippen LogP) is 3.47. The number of rotatable bonds is 4. The number of fused-ring (bicyclic) bond motifs is 1. The summed E-state index contributed by atoms with van der Waals surface area (Å²) in [6.07, 6.45) is 3.71. The first kappa shape index (κ1) is 13.4. The molecule has 0 saturated heterocycles. The van der Waals surface area contributed by atoms with E-state index in [2.05, 4.69) is 35.1 Å². The van der Waals surface area contributed by atoms with Crippen molar-refractivity contribution < 1.29 is 0 Å². The van der Waals surface area contributed by atoms with Gasteiger partial charge in [0, 0.05) is 29.3 Å². The first-order chi connectivity index (χ1) is 8.63. The normalized spacial score (nSPS) is 12.7. The molecular formula is C13H16ClN3S. The molecule has 1 aromatic heterocycles. The Morgan fingerprint density at radius 2 is 2.17 bits per heavy atom. The number of hydrogen-bond acceptors (Lipinski definition) is 4. The standard InChI is InChI=1S/C13H16ClN3S/c1-9(7-18-3)17(2)13-11-5-4-10(14)6-12(11)15-8-16-13/h4-6,8-9H,7H2,1-3H3. The van der Waals surface area contributed by atoms with Crippen LogP contribution in [0.1, 0.15) is 6.92 Å². The largest absolute Gasteiger partial charge is 0.356 e. The highest BCUT2D eigenvalue weighted by Gasteiger charge is 2.14. The molecule has 0 N–H and O–H groups in total. The summed E-state index contributed by atoms with van der Waals surface area (Å²) in [5, 5.41) is 1.74. The Morgan fingerprint density at radius 1 is 1.39 bits per heavy atom. The number of hydrogen-bond donors (Lipinski definition) is 0. The summed E-state index contributed by atoms with van der Waals surface area (Å²) in [5.41, 5.74) is 0.885. The topological polar surface area (TPSA) is 29.0 Å². The van der Waals surface area contributed by atoms with Crippen molar-refractivity contribution in [2.45, 2.75) is 13.0 Å². The second-order valence-electron chi connectivity index (χ2n) is 4.27. The number of anilines is 1. The Kier molecular flexibility index (Phi) is 4.30. The Morgan fingerprint density at radius 3 is 2.89 bits per heavy atom. The van der Waals surface area contributed by atoms with Crippen molar-refractivity contribution in [1.82, 2.24) is 9.97 Å². The van der Waals surface area contributed by atoms with Gasteiger partial charge in [-0.2, -0.15) is 11.8 Å². The fourth-order valence-corrected chi connectivity index (χ4v) is 2.73. The molecule has 1 heterocycles. The summed E-state index contributed by atoms with van der Waals surface area (Å²) < 4.78 is 0. The molecule has 0 saturated carbocycles. The highest BCUT2D eigenvalue weighted by atomic mass is 35.5. The number of aromatic nitrogens is 2. The fraction of sp³-hybridized carbons (Fsp3) is 0.385. The molecule has 0 aliphatic heterocycles. The van der Waals surface area contributed by atoms with Crippen LogP contribution in [0.5, 0.6) is 0 Å². The molecule has 3 nitrogen and oxygen atoms in total. The minimum atomic E-state index is 0.425. The van der Waals surface area contributed by atoms with Gasteiger partial charge in [0.15, 0.2) is 0 Å². The summed E-state index contributed by atoms with van der Waals surface area (Å²) in [5.74, 6) is 2.02. The molecular weight excluding hydrogens is 266 g/mol. The Balaban J connectivity index is 2.44. The molecule has 0 aliphatic carbocycles. The van der Waals surface area contributed by atoms with Gasteiger partial charge in [0.05, 0.1) is 5.52 Å². The van der Waals surface area contributed by atoms with E-state index in [-0.39, 0.29) is 0 Å². The van der Waals surface area contributed by atoms with Crippen LogP contribution in [-0.2, 0) is 0 Å². The zero-order valence-corrected chi connectivity index (χ0v) is 12.3. The van der Waals surface area contributed by atoms with E-state index in [1.165, 1.54) is 0 Å². The van der Waals surface area contributed by atoms with Gasteiger partial charge in [-0.1, -0.05) is 11.6 Å². The summed E-state index contributed by atoms with van der Waals surface area (Å²) >= 11 is 7.82. The molecule has 1 atom stereocenters. The zero-order chi connectivity index (χ0) is 13.1. The minimum absolute atomic E-state index is 0.425. The van der Waals surface area contributed by atoms with Gasteiger partial charge >= 0.3 is 0 Å². The molecule has 0 spiro atoms. The van der Waals surface area contributed by atoms with Crippen LogP contribution in [0.4, 0.5) is 5.82 Å². The van der Waals surface area contributed by atoms with Gasteiger partial charge in [-0.05, 0) is 31.4 Å². The number of halogens is 1. The van der Waals surface area contributed by atoms with E-state index in [1.807, 2.05) is 30.0 Å².